The predicted octanol–water partition coefficient (Wildman–Crippen LogP) is 4.15. The van der Waals surface area contributed by atoms with Crippen molar-refractivity contribution in [2.24, 2.45) is 11.8 Å². The first-order valence-electron chi connectivity index (χ1n) is 13.2. The average molecular weight is 573 g/mol. The van der Waals surface area contributed by atoms with E-state index in [0.717, 1.165) is 11.6 Å². The van der Waals surface area contributed by atoms with E-state index in [-0.39, 0.29) is 30.3 Å². The molecule has 39 heavy (non-hydrogen) atoms. The summed E-state index contributed by atoms with van der Waals surface area (Å²) in [4.78, 5) is 29.5. The number of aromatic hydroxyl groups is 1. The van der Waals surface area contributed by atoms with Crippen LogP contribution < -0.4 is 10.3 Å². The Morgan fingerprint density at radius 2 is 1.72 bits per heavy atom. The number of benzene rings is 2. The van der Waals surface area contributed by atoms with E-state index in [9.17, 15) is 23.1 Å². The molecule has 3 aliphatic rings. The van der Waals surface area contributed by atoms with Crippen LogP contribution in [0.2, 0.25) is 25.7 Å². The van der Waals surface area contributed by atoms with Crippen molar-refractivity contribution < 1.29 is 32.6 Å². The van der Waals surface area contributed by atoms with E-state index in [1.54, 1.807) is 30.3 Å². The number of phenols is 1. The van der Waals surface area contributed by atoms with Crippen LogP contribution in [-0.4, -0.2) is 46.8 Å². The van der Waals surface area contributed by atoms with Crippen molar-refractivity contribution in [1.82, 2.24) is 10.3 Å². The van der Waals surface area contributed by atoms with Gasteiger partial charge in [0.25, 0.3) is 10.0 Å². The van der Waals surface area contributed by atoms with Crippen molar-refractivity contribution in [1.29, 1.82) is 0 Å². The number of carbonyl (C=O) groups excluding carboxylic acids is 2. The summed E-state index contributed by atoms with van der Waals surface area (Å²) in [5.41, 5.74) is 5.07. The zero-order valence-corrected chi connectivity index (χ0v) is 24.5. The first kappa shape index (κ1) is 28.8. The minimum Gasteiger partial charge on any atom is -0.508 e. The van der Waals surface area contributed by atoms with Crippen molar-refractivity contribution in [2.75, 3.05) is 13.2 Å². The van der Waals surface area contributed by atoms with E-state index in [0.29, 0.717) is 23.3 Å². The molecule has 5 rings (SSSR count). The fourth-order valence-corrected chi connectivity index (χ4v) is 6.71. The van der Waals surface area contributed by atoms with Crippen LogP contribution in [0.25, 0.3) is 5.57 Å². The normalized spacial score (nSPS) is 20.4. The topological polar surface area (TPSA) is 131 Å². The zero-order chi connectivity index (χ0) is 28.4. The summed E-state index contributed by atoms with van der Waals surface area (Å²) >= 11 is 0. The highest BCUT2D eigenvalue weighted by atomic mass is 32.2. The van der Waals surface area contributed by atoms with Gasteiger partial charge in [-0.2, -0.15) is 0 Å². The first-order valence-corrected chi connectivity index (χ1v) is 18.3. The number of hydrazine groups is 1. The molecule has 1 unspecified atom stereocenters. The Morgan fingerprint density at radius 3 is 2.38 bits per heavy atom. The Bertz CT molecular complexity index is 1370. The fraction of sp³-hybridized carbons (Fsp3) is 0.429. The number of fused-ring (bicyclic) bond motifs is 2. The van der Waals surface area contributed by atoms with Gasteiger partial charge in [0.2, 0.25) is 0 Å². The Labute approximate surface area is 230 Å². The van der Waals surface area contributed by atoms with E-state index in [1.807, 2.05) is 6.92 Å². The Balaban J connectivity index is 1.74. The molecule has 2 bridgehead atoms. The van der Waals surface area contributed by atoms with Crippen LogP contribution in [0.15, 0.2) is 59.1 Å². The fourth-order valence-electron chi connectivity index (χ4n) is 5.11. The van der Waals surface area contributed by atoms with E-state index in [1.165, 1.54) is 18.2 Å². The first-order chi connectivity index (χ1) is 18.4. The molecule has 2 aromatic carbocycles. The van der Waals surface area contributed by atoms with Crippen LogP contribution in [0, 0.1) is 11.8 Å². The van der Waals surface area contributed by atoms with E-state index in [4.69, 9.17) is 9.47 Å². The molecule has 3 aliphatic carbocycles. The smallest absolute Gasteiger partial charge is 0.314 e. The molecule has 0 aliphatic heterocycles. The number of sulfonamides is 1. The van der Waals surface area contributed by atoms with Gasteiger partial charge in [-0.15, -0.1) is 4.83 Å². The number of nitrogens with one attached hydrogen (secondary N) is 2. The third-order valence-electron chi connectivity index (χ3n) is 7.04. The van der Waals surface area contributed by atoms with Gasteiger partial charge < -0.3 is 20.0 Å². The Hall–Kier alpha value is -3.15. The van der Waals surface area contributed by atoms with Gasteiger partial charge in [-0.25, -0.2) is 8.42 Å². The third kappa shape index (κ3) is 6.37. The molecule has 0 saturated carbocycles. The van der Waals surface area contributed by atoms with Gasteiger partial charge in [0.1, 0.15) is 5.75 Å². The largest absolute Gasteiger partial charge is 0.508 e. The summed E-state index contributed by atoms with van der Waals surface area (Å²) < 4.78 is 37.1. The van der Waals surface area contributed by atoms with Gasteiger partial charge in [0, 0.05) is 19.7 Å². The second-order valence-electron chi connectivity index (χ2n) is 11.2. The summed E-state index contributed by atoms with van der Waals surface area (Å²) in [6.07, 6.45) is 0.876. The molecule has 210 valence electrons. The number of carbonyl (C=O) groups is 2. The number of ether oxygens (including phenoxy) is 2. The summed E-state index contributed by atoms with van der Waals surface area (Å²) in [5, 5.41) is 10.3. The molecule has 3 N–H and O–H groups in total. The lowest BCUT2D eigenvalue weighted by Gasteiger charge is -2.44. The van der Waals surface area contributed by atoms with E-state index < -0.39 is 47.8 Å². The van der Waals surface area contributed by atoms with Crippen molar-refractivity contribution in [2.45, 2.75) is 56.3 Å². The molecule has 3 atom stereocenters. The van der Waals surface area contributed by atoms with Crippen LogP contribution in [0.5, 0.6) is 5.75 Å². The minimum absolute atomic E-state index is 0.00652. The second-order valence-corrected chi connectivity index (χ2v) is 18.5. The molecule has 0 spiro atoms. The van der Waals surface area contributed by atoms with Crippen LogP contribution >= 0.6 is 0 Å². The van der Waals surface area contributed by atoms with Crippen molar-refractivity contribution >= 4 is 35.6 Å². The monoisotopic (exact) mass is 572 g/mol. The number of hydrogen-bond acceptors (Lipinski definition) is 8. The van der Waals surface area contributed by atoms with E-state index in [2.05, 4.69) is 29.9 Å². The summed E-state index contributed by atoms with van der Waals surface area (Å²) in [6.45, 7) is 8.90. The van der Waals surface area contributed by atoms with Gasteiger partial charge in [0.15, 0.2) is 0 Å². The molecular formula is C28H36N2O7SSi. The molecule has 9 nitrogen and oxygen atoms in total. The lowest BCUT2D eigenvalue weighted by Crippen LogP contribution is -2.48. The van der Waals surface area contributed by atoms with Crippen LogP contribution in [-0.2, 0) is 29.1 Å². The highest BCUT2D eigenvalue weighted by molar-refractivity contribution is 7.89. The van der Waals surface area contributed by atoms with E-state index >= 15 is 0 Å². The number of phenolic OH excluding ortho intramolecular Hbond substituents is 1. The Kier molecular flexibility index (Phi) is 8.53. The number of rotatable bonds is 11. The molecule has 0 radical (unpaired) electrons. The molecule has 0 aromatic heterocycles. The maximum absolute atomic E-state index is 13.5. The molecule has 0 heterocycles. The highest BCUT2D eigenvalue weighted by Gasteiger charge is 2.53. The number of hydrogen-bond donors (Lipinski definition) is 3. The summed E-state index contributed by atoms with van der Waals surface area (Å²) in [6, 6.07) is 13.5. The predicted molar refractivity (Wildman–Crippen MR) is 150 cm³/mol. The lowest BCUT2D eigenvalue weighted by atomic mass is 9.60. The number of esters is 2. The van der Waals surface area contributed by atoms with Gasteiger partial charge >= 0.3 is 11.9 Å². The SMILES string of the molecule is CCCOC(=O)[C@@H]1C2=C(NNS(=O)(=O)c3ccccc3)CC(c3ccc(O)cc32)[C@H]1C(=O)OCC[Si](C)(C)C. The second kappa shape index (κ2) is 11.5. The molecular weight excluding hydrogens is 536 g/mol. The average Bonchev–Trinajstić information content (AvgIpc) is 2.89. The van der Waals surface area contributed by atoms with Crippen molar-refractivity contribution in [3.8, 4) is 5.75 Å². The quantitative estimate of drug-likeness (QED) is 0.208. The summed E-state index contributed by atoms with van der Waals surface area (Å²) in [5.74, 6) is -3.40. The summed E-state index contributed by atoms with van der Waals surface area (Å²) in [7, 11) is -5.38. The number of allylic oxidation sites excluding steroid dienone is 1. The van der Waals surface area contributed by atoms with Gasteiger partial charge in [-0.05, 0) is 59.9 Å². The van der Waals surface area contributed by atoms with Gasteiger partial charge in [-0.3, -0.25) is 9.59 Å². The molecule has 11 heteroatoms. The standard InChI is InChI=1S/C28H36N2O7SSi/c1-5-13-36-28(33)26-24-21-16-18(31)11-12-20(21)22(25(26)27(32)37-14-15-39(2,3)4)17-23(24)29-30-38(34,35)19-9-7-6-8-10-19/h6-12,16,22,25-26,29-31H,5,13-15,17H2,1-4H3/t22?,25-,26-/m1/s1. The molecule has 0 fully saturated rings. The van der Waals surface area contributed by atoms with Crippen LogP contribution in [0.3, 0.4) is 0 Å². The van der Waals surface area contributed by atoms with Gasteiger partial charge in [-0.1, -0.05) is 50.8 Å². The zero-order valence-electron chi connectivity index (χ0n) is 22.7. The van der Waals surface area contributed by atoms with Crippen molar-refractivity contribution in [3.63, 3.8) is 0 Å². The highest BCUT2D eigenvalue weighted by Crippen LogP contribution is 2.55. The molecule has 0 amide bonds. The molecule has 2 aromatic rings. The van der Waals surface area contributed by atoms with Crippen molar-refractivity contribution in [3.05, 3.63) is 65.4 Å². The lowest BCUT2D eigenvalue weighted by molar-refractivity contribution is -0.159. The maximum Gasteiger partial charge on any atom is 0.314 e. The minimum atomic E-state index is -3.92. The third-order valence-corrected chi connectivity index (χ3v) is 10.0. The maximum atomic E-state index is 13.5. The van der Waals surface area contributed by atoms with Crippen LogP contribution in [0.4, 0.5) is 0 Å². The Morgan fingerprint density at radius 1 is 1.03 bits per heavy atom. The molecule has 0 saturated heterocycles. The van der Waals surface area contributed by atoms with Crippen LogP contribution in [0.1, 0.15) is 36.8 Å². The van der Waals surface area contributed by atoms with Gasteiger partial charge in [0.05, 0.1) is 29.9 Å².